The zero-order valence-corrected chi connectivity index (χ0v) is 13.4. The molecule has 0 bridgehead atoms. The molecule has 25 heavy (non-hydrogen) atoms. The second kappa shape index (κ2) is 6.02. The van der Waals surface area contributed by atoms with E-state index in [1.165, 1.54) is 6.07 Å². The highest BCUT2D eigenvalue weighted by Crippen LogP contribution is 2.29. The Kier molecular flexibility index (Phi) is 3.69. The molecule has 0 N–H and O–H groups in total. The quantitative estimate of drug-likeness (QED) is 0.521. The summed E-state index contributed by atoms with van der Waals surface area (Å²) in [5.41, 5.74) is 3.24. The van der Waals surface area contributed by atoms with Gasteiger partial charge in [-0.2, -0.15) is 0 Å². The SMILES string of the molecule is Cc1cccc(-c2nc(-c3ccc(F)c(F)c3)c3ccccc3n2)n1. The number of aryl methyl sites for hydroxylation is 1. The van der Waals surface area contributed by atoms with Crippen molar-refractivity contribution in [2.75, 3.05) is 0 Å². The topological polar surface area (TPSA) is 38.7 Å². The summed E-state index contributed by atoms with van der Waals surface area (Å²) in [5.74, 6) is -1.35. The van der Waals surface area contributed by atoms with Crippen molar-refractivity contribution >= 4 is 10.9 Å². The standard InChI is InChI=1S/C20H13F2N3/c1-12-5-4-8-18(23-12)20-24-17-7-3-2-6-14(17)19(25-20)13-9-10-15(21)16(22)11-13/h2-11H,1H3. The van der Waals surface area contributed by atoms with Crippen LogP contribution in [-0.4, -0.2) is 15.0 Å². The fourth-order valence-corrected chi connectivity index (χ4v) is 2.72. The maximum Gasteiger partial charge on any atom is 0.179 e. The number of para-hydroxylation sites is 1. The fourth-order valence-electron chi connectivity index (χ4n) is 2.72. The van der Waals surface area contributed by atoms with Gasteiger partial charge in [-0.25, -0.2) is 23.7 Å². The lowest BCUT2D eigenvalue weighted by Gasteiger charge is -2.09. The van der Waals surface area contributed by atoms with Crippen LogP contribution in [0.2, 0.25) is 0 Å². The fraction of sp³-hybridized carbons (Fsp3) is 0.0500. The second-order valence-electron chi connectivity index (χ2n) is 5.71. The zero-order valence-electron chi connectivity index (χ0n) is 13.4. The van der Waals surface area contributed by atoms with Gasteiger partial charge in [-0.15, -0.1) is 0 Å². The van der Waals surface area contributed by atoms with E-state index in [0.717, 1.165) is 28.7 Å². The van der Waals surface area contributed by atoms with E-state index in [9.17, 15) is 8.78 Å². The van der Waals surface area contributed by atoms with Crippen LogP contribution in [0.1, 0.15) is 5.69 Å². The van der Waals surface area contributed by atoms with E-state index in [0.29, 0.717) is 22.8 Å². The van der Waals surface area contributed by atoms with Crippen molar-refractivity contribution in [3.05, 3.63) is 78.0 Å². The summed E-state index contributed by atoms with van der Waals surface area (Å²) in [6.45, 7) is 1.89. The van der Waals surface area contributed by atoms with Crippen LogP contribution in [0.3, 0.4) is 0 Å². The van der Waals surface area contributed by atoms with Gasteiger partial charge in [0, 0.05) is 16.6 Å². The van der Waals surface area contributed by atoms with Crippen molar-refractivity contribution in [2.45, 2.75) is 6.92 Å². The number of pyridine rings is 1. The average molecular weight is 333 g/mol. The normalized spacial score (nSPS) is 11.0. The summed E-state index contributed by atoms with van der Waals surface area (Å²) >= 11 is 0. The Morgan fingerprint density at radius 3 is 2.40 bits per heavy atom. The lowest BCUT2D eigenvalue weighted by Crippen LogP contribution is -1.98. The smallest absolute Gasteiger partial charge is 0.179 e. The van der Waals surface area contributed by atoms with Gasteiger partial charge >= 0.3 is 0 Å². The minimum atomic E-state index is -0.907. The third-order valence-corrected chi connectivity index (χ3v) is 3.91. The van der Waals surface area contributed by atoms with Gasteiger partial charge in [0.05, 0.1) is 11.2 Å². The molecule has 0 amide bonds. The maximum absolute atomic E-state index is 13.7. The number of benzene rings is 2. The molecule has 0 saturated carbocycles. The molecule has 0 saturated heterocycles. The molecule has 4 aromatic rings. The number of fused-ring (bicyclic) bond motifs is 1. The summed E-state index contributed by atoms with van der Waals surface area (Å²) in [7, 11) is 0. The third kappa shape index (κ3) is 2.85. The largest absolute Gasteiger partial charge is 0.250 e. The second-order valence-corrected chi connectivity index (χ2v) is 5.71. The van der Waals surface area contributed by atoms with Gasteiger partial charge in [0.15, 0.2) is 17.5 Å². The Labute approximate surface area is 143 Å². The Balaban J connectivity index is 2.00. The van der Waals surface area contributed by atoms with E-state index in [4.69, 9.17) is 0 Å². The molecule has 0 radical (unpaired) electrons. The first-order valence-electron chi connectivity index (χ1n) is 7.78. The molecule has 0 aliphatic carbocycles. The van der Waals surface area contributed by atoms with Gasteiger partial charge in [-0.05, 0) is 43.3 Å². The molecule has 5 heteroatoms. The van der Waals surface area contributed by atoms with E-state index in [1.807, 2.05) is 49.4 Å². The van der Waals surface area contributed by atoms with Crippen molar-refractivity contribution in [2.24, 2.45) is 0 Å². The van der Waals surface area contributed by atoms with Crippen LogP contribution in [0.5, 0.6) is 0 Å². The molecular weight excluding hydrogens is 320 g/mol. The first-order valence-corrected chi connectivity index (χ1v) is 7.78. The van der Waals surface area contributed by atoms with E-state index in [2.05, 4.69) is 15.0 Å². The minimum Gasteiger partial charge on any atom is -0.250 e. The number of halogens is 2. The van der Waals surface area contributed by atoms with Crippen molar-refractivity contribution < 1.29 is 8.78 Å². The molecule has 2 aromatic carbocycles. The first kappa shape index (κ1) is 15.3. The van der Waals surface area contributed by atoms with Crippen molar-refractivity contribution in [1.29, 1.82) is 0 Å². The molecule has 3 nitrogen and oxygen atoms in total. The van der Waals surface area contributed by atoms with Gasteiger partial charge in [-0.1, -0.05) is 24.3 Å². The molecule has 0 aliphatic rings. The van der Waals surface area contributed by atoms with E-state index in [1.54, 1.807) is 0 Å². The molecule has 0 aliphatic heterocycles. The number of hydrogen-bond acceptors (Lipinski definition) is 3. The summed E-state index contributed by atoms with van der Waals surface area (Å²) in [6, 6.07) is 16.8. The molecule has 4 rings (SSSR count). The van der Waals surface area contributed by atoms with Gasteiger partial charge in [0.2, 0.25) is 0 Å². The van der Waals surface area contributed by atoms with Crippen LogP contribution in [0.15, 0.2) is 60.7 Å². The first-order chi connectivity index (χ1) is 12.1. The zero-order chi connectivity index (χ0) is 17.4. The van der Waals surface area contributed by atoms with Crippen molar-refractivity contribution in [3.8, 4) is 22.8 Å². The highest BCUT2D eigenvalue weighted by molar-refractivity contribution is 5.93. The predicted octanol–water partition coefficient (Wildman–Crippen LogP) is 4.95. The lowest BCUT2D eigenvalue weighted by molar-refractivity contribution is 0.509. The summed E-state index contributed by atoms with van der Waals surface area (Å²) < 4.78 is 27.0. The van der Waals surface area contributed by atoms with E-state index in [-0.39, 0.29) is 0 Å². The lowest BCUT2D eigenvalue weighted by atomic mass is 10.1. The highest BCUT2D eigenvalue weighted by atomic mass is 19.2. The van der Waals surface area contributed by atoms with Gasteiger partial charge in [0.25, 0.3) is 0 Å². The molecular formula is C20H13F2N3. The molecule has 122 valence electrons. The van der Waals surface area contributed by atoms with E-state index >= 15 is 0 Å². The van der Waals surface area contributed by atoms with Crippen molar-refractivity contribution in [3.63, 3.8) is 0 Å². The summed E-state index contributed by atoms with van der Waals surface area (Å²) in [6.07, 6.45) is 0. The monoisotopic (exact) mass is 333 g/mol. The van der Waals surface area contributed by atoms with Crippen LogP contribution in [0, 0.1) is 18.6 Å². The maximum atomic E-state index is 13.7. The Hall–Kier alpha value is -3.21. The Morgan fingerprint density at radius 1 is 0.760 bits per heavy atom. The predicted molar refractivity (Wildman–Crippen MR) is 92.9 cm³/mol. The Morgan fingerprint density at radius 2 is 1.60 bits per heavy atom. The van der Waals surface area contributed by atoms with Crippen LogP contribution in [0.4, 0.5) is 8.78 Å². The van der Waals surface area contributed by atoms with Crippen LogP contribution >= 0.6 is 0 Å². The van der Waals surface area contributed by atoms with Crippen LogP contribution in [-0.2, 0) is 0 Å². The summed E-state index contributed by atoms with van der Waals surface area (Å²) in [4.78, 5) is 13.6. The number of hydrogen-bond donors (Lipinski definition) is 0. The molecule has 0 fully saturated rings. The van der Waals surface area contributed by atoms with E-state index < -0.39 is 11.6 Å². The third-order valence-electron chi connectivity index (χ3n) is 3.91. The van der Waals surface area contributed by atoms with Crippen LogP contribution < -0.4 is 0 Å². The highest BCUT2D eigenvalue weighted by Gasteiger charge is 2.13. The minimum absolute atomic E-state index is 0.446. The molecule has 0 atom stereocenters. The van der Waals surface area contributed by atoms with Gasteiger partial charge in [-0.3, -0.25) is 0 Å². The van der Waals surface area contributed by atoms with Gasteiger partial charge in [0.1, 0.15) is 5.69 Å². The van der Waals surface area contributed by atoms with Crippen LogP contribution in [0.25, 0.3) is 33.7 Å². The number of nitrogens with zero attached hydrogens (tertiary/aromatic N) is 3. The molecule has 0 spiro atoms. The number of rotatable bonds is 2. The average Bonchev–Trinajstić information content (AvgIpc) is 2.63. The van der Waals surface area contributed by atoms with Gasteiger partial charge < -0.3 is 0 Å². The Bertz CT molecular complexity index is 1090. The molecule has 2 aromatic heterocycles. The van der Waals surface area contributed by atoms with Crippen molar-refractivity contribution in [1.82, 2.24) is 15.0 Å². The number of aromatic nitrogens is 3. The molecule has 0 unspecified atom stereocenters. The molecule has 2 heterocycles. The summed E-state index contributed by atoms with van der Waals surface area (Å²) in [5, 5.41) is 0.768.